The van der Waals surface area contributed by atoms with Crippen LogP contribution in [0.1, 0.15) is 44.1 Å². The number of para-hydroxylation sites is 1. The fourth-order valence-corrected chi connectivity index (χ4v) is 2.96. The van der Waals surface area contributed by atoms with Crippen molar-refractivity contribution in [2.45, 2.75) is 46.2 Å². The van der Waals surface area contributed by atoms with Gasteiger partial charge in [0, 0.05) is 17.8 Å². The summed E-state index contributed by atoms with van der Waals surface area (Å²) in [7, 11) is 1.31. The van der Waals surface area contributed by atoms with Crippen LogP contribution in [0.5, 0.6) is 0 Å². The van der Waals surface area contributed by atoms with E-state index in [0.29, 0.717) is 18.1 Å². The lowest BCUT2D eigenvalue weighted by molar-refractivity contribution is -0.145. The molecule has 1 aromatic carbocycles. The average Bonchev–Trinajstić information content (AvgIpc) is 2.97. The summed E-state index contributed by atoms with van der Waals surface area (Å²) in [5, 5.41) is 8.03. The van der Waals surface area contributed by atoms with E-state index < -0.39 is 17.4 Å². The normalized spacial score (nSPS) is 12.8. The predicted octanol–water partition coefficient (Wildman–Crippen LogP) is 3.37. The summed E-state index contributed by atoms with van der Waals surface area (Å²) in [6, 6.07) is 6.81. The van der Waals surface area contributed by atoms with Crippen molar-refractivity contribution in [3.63, 3.8) is 0 Å². The summed E-state index contributed by atoms with van der Waals surface area (Å²) in [6.07, 6.45) is 1.76. The summed E-state index contributed by atoms with van der Waals surface area (Å²) < 4.78 is 6.66. The molecule has 1 N–H and O–H groups in total. The molecule has 1 heterocycles. The maximum Gasteiger partial charge on any atom is 0.328 e. The number of carbonyl (C=O) groups is 2. The smallest absolute Gasteiger partial charge is 0.328 e. The van der Waals surface area contributed by atoms with Crippen molar-refractivity contribution in [3.8, 4) is 0 Å². The van der Waals surface area contributed by atoms with Crippen LogP contribution in [0.4, 0.5) is 0 Å². The number of rotatable bonds is 7. The quantitative estimate of drug-likeness (QED) is 0.454. The minimum Gasteiger partial charge on any atom is -0.467 e. The zero-order chi connectivity index (χ0) is 19.3. The lowest BCUT2D eigenvalue weighted by Crippen LogP contribution is -2.49. The molecule has 0 aliphatic heterocycles. The Morgan fingerprint density at radius 1 is 1.27 bits per heavy atom. The van der Waals surface area contributed by atoms with E-state index in [1.54, 1.807) is 0 Å². The molecule has 0 saturated heterocycles. The maximum atomic E-state index is 12.9. The monoisotopic (exact) mass is 379 g/mol. The number of hydrogen-bond donors (Lipinski definition) is 1. The molecule has 6 nitrogen and oxygen atoms in total. The van der Waals surface area contributed by atoms with Gasteiger partial charge in [0.15, 0.2) is 5.69 Å². The number of aryl methyl sites for hydroxylation is 1. The first kappa shape index (κ1) is 20.2. The van der Waals surface area contributed by atoms with E-state index in [0.717, 1.165) is 23.7 Å². The molecule has 0 bridgehead atoms. The lowest BCUT2D eigenvalue weighted by atomic mass is 9.86. The molecular formula is C19H26ClN3O3. The summed E-state index contributed by atoms with van der Waals surface area (Å²) in [5.41, 5.74) is 0.712. The van der Waals surface area contributed by atoms with E-state index in [9.17, 15) is 9.59 Å². The van der Waals surface area contributed by atoms with Crippen molar-refractivity contribution < 1.29 is 14.3 Å². The van der Waals surface area contributed by atoms with Crippen LogP contribution in [0.15, 0.2) is 24.3 Å². The average molecular weight is 380 g/mol. The van der Waals surface area contributed by atoms with Gasteiger partial charge in [-0.1, -0.05) is 39.0 Å². The molecule has 0 spiro atoms. The third kappa shape index (κ3) is 4.55. The fourth-order valence-electron chi connectivity index (χ4n) is 2.77. The van der Waals surface area contributed by atoms with E-state index in [1.807, 2.05) is 49.7 Å². The summed E-state index contributed by atoms with van der Waals surface area (Å²) >= 11 is 5.75. The highest BCUT2D eigenvalue weighted by molar-refractivity contribution is 6.17. The van der Waals surface area contributed by atoms with Crippen LogP contribution >= 0.6 is 11.6 Å². The molecule has 7 heteroatoms. The van der Waals surface area contributed by atoms with Gasteiger partial charge in [0.2, 0.25) is 0 Å². The van der Waals surface area contributed by atoms with Gasteiger partial charge >= 0.3 is 5.97 Å². The maximum absolute atomic E-state index is 12.9. The molecule has 0 fully saturated rings. The second-order valence-corrected chi connectivity index (χ2v) is 7.66. The Bertz CT molecular complexity index is 780. The van der Waals surface area contributed by atoms with E-state index in [2.05, 4.69) is 10.4 Å². The van der Waals surface area contributed by atoms with E-state index in [-0.39, 0.29) is 5.91 Å². The first-order valence-corrected chi connectivity index (χ1v) is 9.23. The van der Waals surface area contributed by atoms with Gasteiger partial charge in [-0.15, -0.1) is 11.6 Å². The first-order chi connectivity index (χ1) is 12.3. The van der Waals surface area contributed by atoms with Gasteiger partial charge in [0.05, 0.1) is 12.6 Å². The van der Waals surface area contributed by atoms with Crippen molar-refractivity contribution in [1.29, 1.82) is 0 Å². The summed E-state index contributed by atoms with van der Waals surface area (Å²) in [6.45, 7) is 6.30. The molecule has 0 aliphatic carbocycles. The molecule has 0 saturated carbocycles. The Balaban J connectivity index is 2.33. The number of alkyl halides is 1. The second kappa shape index (κ2) is 8.54. The SMILES string of the molecule is COC(=O)C(NC(=O)c1nn(CCCCCl)c2ccccc12)C(C)(C)C. The number of nitrogens with zero attached hydrogens (tertiary/aromatic N) is 2. The third-order valence-corrected chi connectivity index (χ3v) is 4.47. The standard InChI is InChI=1S/C19H26ClN3O3/c1-19(2,3)16(18(25)26-4)21-17(24)15-13-9-5-6-10-14(13)23(22-15)12-8-7-11-20/h5-6,9-10,16H,7-8,11-12H2,1-4H3,(H,21,24). The number of benzene rings is 1. The number of methoxy groups -OCH3 is 1. The Kier molecular flexibility index (Phi) is 6.64. The molecule has 1 atom stereocenters. The first-order valence-electron chi connectivity index (χ1n) is 8.69. The molecule has 0 radical (unpaired) electrons. The Hall–Kier alpha value is -2.08. The minimum absolute atomic E-state index is 0.310. The molecule has 26 heavy (non-hydrogen) atoms. The number of hydrogen-bond acceptors (Lipinski definition) is 4. The van der Waals surface area contributed by atoms with E-state index in [1.165, 1.54) is 7.11 Å². The molecule has 1 aromatic heterocycles. The molecular weight excluding hydrogens is 354 g/mol. The number of carbonyl (C=O) groups excluding carboxylic acids is 2. The van der Waals surface area contributed by atoms with Gasteiger partial charge in [-0.3, -0.25) is 9.48 Å². The zero-order valence-corrected chi connectivity index (χ0v) is 16.5. The fraction of sp³-hybridized carbons (Fsp3) is 0.526. The third-order valence-electron chi connectivity index (χ3n) is 4.20. The van der Waals surface area contributed by atoms with Gasteiger partial charge in [0.25, 0.3) is 5.91 Å². The van der Waals surface area contributed by atoms with Crippen LogP contribution in [0.3, 0.4) is 0 Å². The van der Waals surface area contributed by atoms with Crippen LogP contribution < -0.4 is 5.32 Å². The topological polar surface area (TPSA) is 73.2 Å². The highest BCUT2D eigenvalue weighted by Crippen LogP contribution is 2.23. The van der Waals surface area contributed by atoms with Crippen molar-refractivity contribution in [2.24, 2.45) is 5.41 Å². The number of nitrogens with one attached hydrogen (secondary N) is 1. The number of ether oxygens (including phenoxy) is 1. The highest BCUT2D eigenvalue weighted by atomic mass is 35.5. The van der Waals surface area contributed by atoms with Gasteiger partial charge in [-0.05, 0) is 24.3 Å². The Morgan fingerprint density at radius 2 is 1.96 bits per heavy atom. The molecule has 142 valence electrons. The Morgan fingerprint density at radius 3 is 2.58 bits per heavy atom. The molecule has 1 unspecified atom stereocenters. The van der Waals surface area contributed by atoms with Gasteiger partial charge in [-0.2, -0.15) is 5.10 Å². The summed E-state index contributed by atoms with van der Waals surface area (Å²) in [5.74, 6) is -0.266. The van der Waals surface area contributed by atoms with Crippen LogP contribution in [0.25, 0.3) is 10.9 Å². The van der Waals surface area contributed by atoms with E-state index >= 15 is 0 Å². The van der Waals surface area contributed by atoms with E-state index in [4.69, 9.17) is 16.3 Å². The number of aromatic nitrogens is 2. The molecule has 1 amide bonds. The van der Waals surface area contributed by atoms with Crippen LogP contribution in [-0.2, 0) is 16.1 Å². The van der Waals surface area contributed by atoms with Gasteiger partial charge < -0.3 is 10.1 Å². The number of amides is 1. The van der Waals surface area contributed by atoms with Gasteiger partial charge in [0.1, 0.15) is 6.04 Å². The largest absolute Gasteiger partial charge is 0.467 e. The lowest BCUT2D eigenvalue weighted by Gasteiger charge is -2.28. The van der Waals surface area contributed by atoms with Crippen molar-refractivity contribution in [2.75, 3.05) is 13.0 Å². The number of unbranched alkanes of at least 4 members (excludes halogenated alkanes) is 1. The predicted molar refractivity (Wildman–Crippen MR) is 102 cm³/mol. The number of halogens is 1. The van der Waals surface area contributed by atoms with Crippen LogP contribution in [0.2, 0.25) is 0 Å². The Labute approximate surface area is 158 Å². The molecule has 0 aliphatic rings. The van der Waals surface area contributed by atoms with Crippen LogP contribution in [-0.4, -0.2) is 40.7 Å². The van der Waals surface area contributed by atoms with Crippen molar-refractivity contribution in [3.05, 3.63) is 30.0 Å². The van der Waals surface area contributed by atoms with Crippen LogP contribution in [0, 0.1) is 5.41 Å². The number of fused-ring (bicyclic) bond motifs is 1. The number of esters is 1. The van der Waals surface area contributed by atoms with Crippen molar-refractivity contribution in [1.82, 2.24) is 15.1 Å². The summed E-state index contributed by atoms with van der Waals surface area (Å²) in [4.78, 5) is 25.0. The molecule has 2 aromatic rings. The van der Waals surface area contributed by atoms with Gasteiger partial charge in [-0.25, -0.2) is 4.79 Å². The highest BCUT2D eigenvalue weighted by Gasteiger charge is 2.34. The molecule has 2 rings (SSSR count). The minimum atomic E-state index is -0.764. The second-order valence-electron chi connectivity index (χ2n) is 7.28. The van der Waals surface area contributed by atoms with Crippen molar-refractivity contribution >= 4 is 34.4 Å². The zero-order valence-electron chi connectivity index (χ0n) is 15.7.